The van der Waals surface area contributed by atoms with Crippen molar-refractivity contribution in [3.05, 3.63) is 29.3 Å². The highest BCUT2D eigenvalue weighted by Gasteiger charge is 2.17. The quantitative estimate of drug-likeness (QED) is 0.802. The zero-order valence-corrected chi connectivity index (χ0v) is 14.0. The van der Waals surface area contributed by atoms with E-state index in [1.54, 1.807) is 12.0 Å². The largest absolute Gasteiger partial charge is 0.491 e. The number of nitrogens with zero attached hydrogens (tertiary/aromatic N) is 1. The zero-order valence-electron chi connectivity index (χ0n) is 14.0. The van der Waals surface area contributed by atoms with Crippen molar-refractivity contribution < 1.29 is 14.3 Å². The molecule has 21 heavy (non-hydrogen) atoms. The molecule has 4 nitrogen and oxygen atoms in total. The van der Waals surface area contributed by atoms with E-state index < -0.39 is 0 Å². The molecule has 1 heterocycles. The maximum atomic E-state index is 10.6. The van der Waals surface area contributed by atoms with E-state index >= 15 is 0 Å². The molecule has 0 N–H and O–H groups in total. The predicted octanol–water partition coefficient (Wildman–Crippen LogP) is 3.38. The number of hydrogen-bond donors (Lipinski definition) is 0. The summed E-state index contributed by atoms with van der Waals surface area (Å²) in [7, 11) is 1.71. The van der Waals surface area contributed by atoms with Gasteiger partial charge in [-0.3, -0.25) is 4.79 Å². The molecule has 118 valence electrons. The SMILES string of the molecule is CC(C)Oc1ccc2c(c1)CN(C=O)C2.COC(C)(C)C. The molecule has 0 bridgehead atoms. The number of methoxy groups -OCH3 is 1. The Kier molecular flexibility index (Phi) is 6.21. The number of fused-ring (bicyclic) bond motifs is 1. The highest BCUT2D eigenvalue weighted by atomic mass is 16.5. The van der Waals surface area contributed by atoms with Crippen molar-refractivity contribution in [1.82, 2.24) is 4.90 Å². The van der Waals surface area contributed by atoms with Crippen LogP contribution in [0.4, 0.5) is 0 Å². The summed E-state index contributed by atoms with van der Waals surface area (Å²) in [6.07, 6.45) is 1.08. The van der Waals surface area contributed by atoms with Gasteiger partial charge in [0.2, 0.25) is 6.41 Å². The number of carbonyl (C=O) groups excluding carboxylic acids is 1. The molecule has 0 atom stereocenters. The second kappa shape index (κ2) is 7.46. The average molecular weight is 293 g/mol. The molecular formula is C17H27NO3. The number of ether oxygens (including phenoxy) is 2. The normalized spacial score (nSPS) is 13.6. The Morgan fingerprint density at radius 2 is 1.76 bits per heavy atom. The molecule has 1 aromatic rings. The van der Waals surface area contributed by atoms with Crippen LogP contribution in [0.15, 0.2) is 18.2 Å². The van der Waals surface area contributed by atoms with Crippen molar-refractivity contribution >= 4 is 6.41 Å². The summed E-state index contributed by atoms with van der Waals surface area (Å²) in [5.74, 6) is 0.886. The number of hydrogen-bond acceptors (Lipinski definition) is 3. The molecule has 0 spiro atoms. The number of amides is 1. The van der Waals surface area contributed by atoms with E-state index in [-0.39, 0.29) is 11.7 Å². The summed E-state index contributed by atoms with van der Waals surface area (Å²) >= 11 is 0. The Hall–Kier alpha value is -1.55. The standard InChI is InChI=1S/C12H15NO2.C5H12O/c1-9(2)15-12-4-3-10-6-13(8-14)7-11(10)5-12;1-5(2,3)6-4/h3-5,8-9H,6-7H2,1-2H3;1-4H3. The lowest BCUT2D eigenvalue weighted by atomic mass is 10.1. The molecule has 0 saturated heterocycles. The van der Waals surface area contributed by atoms with E-state index in [0.717, 1.165) is 18.7 Å². The molecule has 0 unspecified atom stereocenters. The van der Waals surface area contributed by atoms with Crippen LogP contribution in [0, 0.1) is 0 Å². The van der Waals surface area contributed by atoms with Gasteiger partial charge in [0.1, 0.15) is 5.75 Å². The molecule has 0 saturated carbocycles. The Labute approximate surface area is 128 Å². The first-order valence-electron chi connectivity index (χ1n) is 7.28. The van der Waals surface area contributed by atoms with E-state index in [1.165, 1.54) is 11.1 Å². The van der Waals surface area contributed by atoms with Gasteiger partial charge in [-0.1, -0.05) is 6.07 Å². The Balaban J connectivity index is 0.000000315. The smallest absolute Gasteiger partial charge is 0.210 e. The summed E-state index contributed by atoms with van der Waals surface area (Å²) in [6.45, 7) is 11.5. The van der Waals surface area contributed by atoms with Gasteiger partial charge in [0.25, 0.3) is 0 Å². The molecule has 1 aliphatic heterocycles. The Morgan fingerprint density at radius 1 is 1.19 bits per heavy atom. The Morgan fingerprint density at radius 3 is 2.24 bits per heavy atom. The second-order valence-corrected chi connectivity index (χ2v) is 6.42. The van der Waals surface area contributed by atoms with Crippen LogP contribution in [0.2, 0.25) is 0 Å². The fraction of sp³-hybridized carbons (Fsp3) is 0.588. The highest BCUT2D eigenvalue weighted by molar-refractivity contribution is 5.51. The van der Waals surface area contributed by atoms with Gasteiger partial charge in [-0.05, 0) is 57.9 Å². The Bertz CT molecular complexity index is 464. The molecule has 1 amide bonds. The molecule has 1 aliphatic rings. The molecule has 1 aromatic carbocycles. The molecule has 2 rings (SSSR count). The van der Waals surface area contributed by atoms with E-state index in [9.17, 15) is 4.79 Å². The van der Waals surface area contributed by atoms with E-state index in [2.05, 4.69) is 0 Å². The van der Waals surface area contributed by atoms with Crippen LogP contribution >= 0.6 is 0 Å². The van der Waals surface area contributed by atoms with Crippen LogP contribution in [0.3, 0.4) is 0 Å². The van der Waals surface area contributed by atoms with Gasteiger partial charge < -0.3 is 14.4 Å². The zero-order chi connectivity index (χ0) is 16.0. The van der Waals surface area contributed by atoms with Gasteiger partial charge in [-0.2, -0.15) is 0 Å². The maximum Gasteiger partial charge on any atom is 0.210 e. The van der Waals surface area contributed by atoms with Gasteiger partial charge in [0.05, 0.1) is 11.7 Å². The summed E-state index contributed by atoms with van der Waals surface area (Å²) in [5.41, 5.74) is 2.46. The van der Waals surface area contributed by atoms with Crippen molar-refractivity contribution in [2.45, 2.75) is 59.4 Å². The van der Waals surface area contributed by atoms with E-state index in [1.807, 2.05) is 52.8 Å². The van der Waals surface area contributed by atoms with Gasteiger partial charge in [0, 0.05) is 20.2 Å². The van der Waals surface area contributed by atoms with Gasteiger partial charge in [0.15, 0.2) is 0 Å². The lowest BCUT2D eigenvalue weighted by molar-refractivity contribution is -0.118. The van der Waals surface area contributed by atoms with Crippen LogP contribution in [-0.4, -0.2) is 30.1 Å². The van der Waals surface area contributed by atoms with Crippen molar-refractivity contribution in [2.24, 2.45) is 0 Å². The summed E-state index contributed by atoms with van der Waals surface area (Å²) < 4.78 is 10.5. The summed E-state index contributed by atoms with van der Waals surface area (Å²) in [5, 5.41) is 0. The lowest BCUT2D eigenvalue weighted by Gasteiger charge is -2.14. The third-order valence-electron chi connectivity index (χ3n) is 3.06. The maximum absolute atomic E-state index is 10.6. The van der Waals surface area contributed by atoms with Crippen LogP contribution in [-0.2, 0) is 22.6 Å². The number of rotatable bonds is 3. The van der Waals surface area contributed by atoms with E-state index in [0.29, 0.717) is 6.54 Å². The van der Waals surface area contributed by atoms with Gasteiger partial charge in [-0.25, -0.2) is 0 Å². The van der Waals surface area contributed by atoms with Crippen LogP contribution < -0.4 is 4.74 Å². The van der Waals surface area contributed by atoms with Crippen molar-refractivity contribution in [3.63, 3.8) is 0 Å². The molecule has 4 heteroatoms. The van der Waals surface area contributed by atoms with Crippen LogP contribution in [0.1, 0.15) is 45.7 Å². The first-order valence-corrected chi connectivity index (χ1v) is 7.28. The highest BCUT2D eigenvalue weighted by Crippen LogP contribution is 2.26. The minimum atomic E-state index is 0.0417. The summed E-state index contributed by atoms with van der Waals surface area (Å²) in [4.78, 5) is 12.4. The third kappa shape index (κ3) is 6.17. The first kappa shape index (κ1) is 17.5. The lowest BCUT2D eigenvalue weighted by Crippen LogP contribution is -2.15. The summed E-state index contributed by atoms with van der Waals surface area (Å²) in [6, 6.07) is 6.03. The monoisotopic (exact) mass is 293 g/mol. The first-order chi connectivity index (χ1) is 9.75. The fourth-order valence-corrected chi connectivity index (χ4v) is 1.82. The molecule has 0 aromatic heterocycles. The number of benzene rings is 1. The molecule has 0 aliphatic carbocycles. The second-order valence-electron chi connectivity index (χ2n) is 6.42. The van der Waals surface area contributed by atoms with Gasteiger partial charge in [-0.15, -0.1) is 0 Å². The van der Waals surface area contributed by atoms with Crippen molar-refractivity contribution in [2.75, 3.05) is 7.11 Å². The average Bonchev–Trinajstić information content (AvgIpc) is 2.80. The predicted molar refractivity (Wildman–Crippen MR) is 84.3 cm³/mol. The van der Waals surface area contributed by atoms with Crippen molar-refractivity contribution in [1.29, 1.82) is 0 Å². The number of carbonyl (C=O) groups is 1. The van der Waals surface area contributed by atoms with Gasteiger partial charge >= 0.3 is 0 Å². The van der Waals surface area contributed by atoms with Crippen LogP contribution in [0.25, 0.3) is 0 Å². The molecular weight excluding hydrogens is 266 g/mol. The molecule has 0 fully saturated rings. The third-order valence-corrected chi connectivity index (χ3v) is 3.06. The molecule has 0 radical (unpaired) electrons. The topological polar surface area (TPSA) is 38.8 Å². The van der Waals surface area contributed by atoms with E-state index in [4.69, 9.17) is 9.47 Å². The minimum absolute atomic E-state index is 0.0417. The minimum Gasteiger partial charge on any atom is -0.491 e. The fourth-order valence-electron chi connectivity index (χ4n) is 1.82. The van der Waals surface area contributed by atoms with Crippen LogP contribution in [0.5, 0.6) is 5.75 Å². The van der Waals surface area contributed by atoms with Crippen molar-refractivity contribution in [3.8, 4) is 5.75 Å².